The van der Waals surface area contributed by atoms with Crippen LogP contribution in [0, 0.1) is 20.8 Å². The van der Waals surface area contributed by atoms with Crippen molar-refractivity contribution in [2.45, 2.75) is 33.1 Å². The van der Waals surface area contributed by atoms with Gasteiger partial charge < -0.3 is 10.0 Å². The van der Waals surface area contributed by atoms with Crippen LogP contribution in [-0.2, 0) is 11.2 Å². The van der Waals surface area contributed by atoms with Gasteiger partial charge in [0.25, 0.3) is 0 Å². The molecule has 1 aromatic heterocycles. The maximum Gasteiger partial charge on any atom is 0.231 e. The van der Waals surface area contributed by atoms with E-state index < -0.39 is 0 Å². The average Bonchev–Trinajstić information content (AvgIpc) is 3.23. The quantitative estimate of drug-likeness (QED) is 0.705. The number of aryl methyl sites for hydroxylation is 2. The number of nitrogens with zero attached hydrogens (tertiary/aromatic N) is 3. The minimum Gasteiger partial charge on any atom is -0.396 e. The van der Waals surface area contributed by atoms with E-state index >= 15 is 0 Å². The molecule has 1 aliphatic rings. The summed E-state index contributed by atoms with van der Waals surface area (Å²) < 4.78 is 1.84. The van der Waals surface area contributed by atoms with Gasteiger partial charge in [0.2, 0.25) is 5.91 Å². The number of aliphatic hydroxyl groups is 1. The van der Waals surface area contributed by atoms with Crippen LogP contribution in [0.4, 0.5) is 5.69 Å². The summed E-state index contributed by atoms with van der Waals surface area (Å²) in [5, 5.41) is 15.0. The Bertz CT molecular complexity index is 1090. The molecular weight excluding hydrogens is 386 g/mol. The van der Waals surface area contributed by atoms with Crippen molar-refractivity contribution in [1.29, 1.82) is 0 Å². The molecule has 5 nitrogen and oxygen atoms in total. The Kier molecular flexibility index (Phi) is 5.19. The first-order chi connectivity index (χ1) is 13.9. The van der Waals surface area contributed by atoms with E-state index in [1.165, 1.54) is 0 Å². The molecule has 29 heavy (non-hydrogen) atoms. The van der Waals surface area contributed by atoms with Crippen molar-refractivity contribution in [3.8, 4) is 5.69 Å². The molecule has 0 saturated heterocycles. The minimum absolute atomic E-state index is 0.0149. The predicted molar refractivity (Wildman–Crippen MR) is 115 cm³/mol. The van der Waals surface area contributed by atoms with Crippen molar-refractivity contribution in [2.75, 3.05) is 18.1 Å². The molecule has 0 saturated carbocycles. The molecule has 2 heterocycles. The molecule has 6 heteroatoms. The van der Waals surface area contributed by atoms with Gasteiger partial charge in [-0.2, -0.15) is 5.10 Å². The Hall–Kier alpha value is -2.63. The zero-order valence-corrected chi connectivity index (χ0v) is 17.6. The van der Waals surface area contributed by atoms with Crippen LogP contribution in [0.3, 0.4) is 0 Å². The number of rotatable bonds is 4. The summed E-state index contributed by atoms with van der Waals surface area (Å²) in [6.45, 7) is 6.41. The summed E-state index contributed by atoms with van der Waals surface area (Å²) in [7, 11) is 0. The summed E-state index contributed by atoms with van der Waals surface area (Å²) in [6.07, 6.45) is 0.268. The molecule has 0 aliphatic carbocycles. The Labute approximate surface area is 175 Å². The zero-order valence-electron chi connectivity index (χ0n) is 16.8. The van der Waals surface area contributed by atoms with Gasteiger partial charge in [-0.15, -0.1) is 0 Å². The molecular formula is C23H24ClN3O2. The number of aliphatic hydroxyl groups excluding tert-OH is 1. The second-order valence-electron chi connectivity index (χ2n) is 7.61. The standard InChI is InChI=1S/C23H24ClN3O2/c1-14-8-9-18(10-21(14)24)27-16(3)20(15(2)25-27)11-23(29)26-12-17(13-28)19-6-4-5-7-22(19)26/h4-10,17,28H,11-13H2,1-3H3. The molecule has 0 bridgehead atoms. The van der Waals surface area contributed by atoms with E-state index in [-0.39, 0.29) is 24.9 Å². The van der Waals surface area contributed by atoms with Crippen LogP contribution in [0.5, 0.6) is 0 Å². The van der Waals surface area contributed by atoms with E-state index in [2.05, 4.69) is 5.10 Å². The number of para-hydroxylation sites is 1. The van der Waals surface area contributed by atoms with Crippen LogP contribution < -0.4 is 4.90 Å². The molecule has 150 valence electrons. The number of fused-ring (bicyclic) bond motifs is 1. The molecule has 1 atom stereocenters. The number of carbonyl (C=O) groups is 1. The number of halogens is 1. The van der Waals surface area contributed by atoms with Gasteiger partial charge in [0, 0.05) is 34.4 Å². The van der Waals surface area contributed by atoms with Crippen LogP contribution in [0.25, 0.3) is 5.69 Å². The average molecular weight is 410 g/mol. The lowest BCUT2D eigenvalue weighted by atomic mass is 10.0. The number of amides is 1. The molecule has 2 aromatic carbocycles. The maximum absolute atomic E-state index is 13.2. The van der Waals surface area contributed by atoms with Gasteiger partial charge in [-0.25, -0.2) is 4.68 Å². The monoisotopic (exact) mass is 409 g/mol. The number of hydrogen-bond donors (Lipinski definition) is 1. The van der Waals surface area contributed by atoms with E-state index in [1.54, 1.807) is 4.90 Å². The van der Waals surface area contributed by atoms with Gasteiger partial charge in [-0.1, -0.05) is 35.9 Å². The van der Waals surface area contributed by atoms with E-state index in [4.69, 9.17) is 11.6 Å². The Balaban J connectivity index is 1.63. The smallest absolute Gasteiger partial charge is 0.231 e. The highest BCUT2D eigenvalue weighted by atomic mass is 35.5. The third-order valence-corrected chi connectivity index (χ3v) is 6.17. The number of aromatic nitrogens is 2. The van der Waals surface area contributed by atoms with Crippen molar-refractivity contribution in [2.24, 2.45) is 0 Å². The summed E-state index contributed by atoms with van der Waals surface area (Å²) in [6, 6.07) is 13.6. The number of anilines is 1. The zero-order chi connectivity index (χ0) is 20.7. The maximum atomic E-state index is 13.2. The van der Waals surface area contributed by atoms with Gasteiger partial charge >= 0.3 is 0 Å². The number of carbonyl (C=O) groups excluding carboxylic acids is 1. The van der Waals surface area contributed by atoms with Gasteiger partial charge in [-0.05, 0) is 50.1 Å². The van der Waals surface area contributed by atoms with Crippen molar-refractivity contribution < 1.29 is 9.90 Å². The van der Waals surface area contributed by atoms with Gasteiger partial charge in [0.15, 0.2) is 0 Å². The van der Waals surface area contributed by atoms with E-state index in [9.17, 15) is 9.90 Å². The Morgan fingerprint density at radius 1 is 1.21 bits per heavy atom. The Morgan fingerprint density at radius 3 is 2.69 bits per heavy atom. The second-order valence-corrected chi connectivity index (χ2v) is 8.02. The van der Waals surface area contributed by atoms with Crippen LogP contribution in [0.2, 0.25) is 5.02 Å². The summed E-state index contributed by atoms with van der Waals surface area (Å²) >= 11 is 6.29. The molecule has 1 N–H and O–H groups in total. The molecule has 0 radical (unpaired) electrons. The topological polar surface area (TPSA) is 58.4 Å². The lowest BCUT2D eigenvalue weighted by Gasteiger charge is -2.18. The van der Waals surface area contributed by atoms with Gasteiger partial charge in [-0.3, -0.25) is 4.79 Å². The highest BCUT2D eigenvalue weighted by Crippen LogP contribution is 2.36. The molecule has 0 fully saturated rings. The lowest BCUT2D eigenvalue weighted by Crippen LogP contribution is -2.32. The lowest BCUT2D eigenvalue weighted by molar-refractivity contribution is -0.118. The molecule has 3 aromatic rings. The fourth-order valence-corrected chi connectivity index (χ4v) is 4.21. The van der Waals surface area contributed by atoms with E-state index in [0.717, 1.165) is 39.5 Å². The summed E-state index contributed by atoms with van der Waals surface area (Å²) in [4.78, 5) is 15.0. The first-order valence-corrected chi connectivity index (χ1v) is 10.1. The van der Waals surface area contributed by atoms with Crippen LogP contribution in [-0.4, -0.2) is 33.9 Å². The highest BCUT2D eigenvalue weighted by molar-refractivity contribution is 6.31. The SMILES string of the molecule is Cc1ccc(-n2nc(C)c(CC(=O)N3CC(CO)c4ccccc43)c2C)cc1Cl. The number of benzene rings is 2. The third kappa shape index (κ3) is 3.45. The fourth-order valence-electron chi connectivity index (χ4n) is 4.03. The van der Waals surface area contributed by atoms with Crippen molar-refractivity contribution in [3.05, 3.63) is 75.6 Å². The first-order valence-electron chi connectivity index (χ1n) is 9.72. The van der Waals surface area contributed by atoms with Gasteiger partial charge in [0.1, 0.15) is 0 Å². The minimum atomic E-state index is -0.0326. The van der Waals surface area contributed by atoms with Crippen molar-refractivity contribution in [1.82, 2.24) is 9.78 Å². The van der Waals surface area contributed by atoms with E-state index in [0.29, 0.717) is 11.6 Å². The molecule has 1 unspecified atom stereocenters. The van der Waals surface area contributed by atoms with Crippen LogP contribution in [0.15, 0.2) is 42.5 Å². The van der Waals surface area contributed by atoms with E-state index in [1.807, 2.05) is 67.9 Å². The third-order valence-electron chi connectivity index (χ3n) is 5.76. The molecule has 1 amide bonds. The van der Waals surface area contributed by atoms with Gasteiger partial charge in [0.05, 0.1) is 24.4 Å². The highest BCUT2D eigenvalue weighted by Gasteiger charge is 2.32. The van der Waals surface area contributed by atoms with Crippen LogP contribution in [0.1, 0.15) is 34.0 Å². The second kappa shape index (κ2) is 7.65. The normalized spacial score (nSPS) is 15.6. The molecule has 4 rings (SSSR count). The Morgan fingerprint density at radius 2 is 1.97 bits per heavy atom. The molecule has 0 spiro atoms. The fraction of sp³-hybridized carbons (Fsp3) is 0.304. The summed E-state index contributed by atoms with van der Waals surface area (Å²) in [5.41, 5.74) is 6.51. The molecule has 1 aliphatic heterocycles. The number of hydrogen-bond acceptors (Lipinski definition) is 3. The van der Waals surface area contributed by atoms with Crippen LogP contribution >= 0.6 is 11.6 Å². The van der Waals surface area contributed by atoms with Crippen molar-refractivity contribution >= 4 is 23.2 Å². The van der Waals surface area contributed by atoms with Crippen molar-refractivity contribution in [3.63, 3.8) is 0 Å². The largest absolute Gasteiger partial charge is 0.396 e. The predicted octanol–water partition coefficient (Wildman–Crippen LogP) is 4.12. The summed E-state index contributed by atoms with van der Waals surface area (Å²) in [5.74, 6) is -0.0177. The first kappa shape index (κ1) is 19.7.